The van der Waals surface area contributed by atoms with Crippen molar-refractivity contribution in [2.24, 2.45) is 11.7 Å². The summed E-state index contributed by atoms with van der Waals surface area (Å²) >= 11 is 0. The summed E-state index contributed by atoms with van der Waals surface area (Å²) in [6.45, 7) is 3.24. The maximum atomic E-state index is 12.0. The molecule has 1 aromatic carbocycles. The number of hydrogen-bond acceptors (Lipinski definition) is 3. The lowest BCUT2D eigenvalue weighted by atomic mass is 10.00. The minimum Gasteiger partial charge on any atom is -0.377 e. The van der Waals surface area contributed by atoms with Crippen LogP contribution in [0.1, 0.15) is 38.2 Å². The number of nitrogens with two attached hydrogens (primary N) is 1. The zero-order valence-corrected chi connectivity index (χ0v) is 13.3. The smallest absolute Gasteiger partial charge is 0.224 e. The summed E-state index contributed by atoms with van der Waals surface area (Å²) < 4.78 is 5.37. The molecule has 1 amide bonds. The molecule has 0 spiro atoms. The van der Waals surface area contributed by atoms with Gasteiger partial charge in [-0.3, -0.25) is 4.79 Å². The molecule has 0 saturated heterocycles. The minimum absolute atomic E-state index is 0. The monoisotopic (exact) mass is 312 g/mol. The highest BCUT2D eigenvalue weighted by Crippen LogP contribution is 2.27. The van der Waals surface area contributed by atoms with Gasteiger partial charge in [0, 0.05) is 24.8 Å². The van der Waals surface area contributed by atoms with Gasteiger partial charge < -0.3 is 15.8 Å². The average molecular weight is 313 g/mol. The molecule has 4 nitrogen and oxygen atoms in total. The van der Waals surface area contributed by atoms with Crippen molar-refractivity contribution in [3.8, 4) is 0 Å². The molecule has 5 heteroatoms. The fourth-order valence-electron chi connectivity index (χ4n) is 2.73. The normalized spacial score (nSPS) is 20.9. The zero-order chi connectivity index (χ0) is 14.4. The maximum Gasteiger partial charge on any atom is 0.224 e. The molecule has 0 bridgehead atoms. The molecule has 0 unspecified atom stereocenters. The molecule has 1 aromatic rings. The number of amides is 1. The number of ether oxygens (including phenoxy) is 1. The van der Waals surface area contributed by atoms with Crippen molar-refractivity contribution in [1.29, 1.82) is 0 Å². The van der Waals surface area contributed by atoms with Gasteiger partial charge in [0.1, 0.15) is 0 Å². The van der Waals surface area contributed by atoms with Crippen LogP contribution in [-0.4, -0.2) is 18.6 Å². The van der Waals surface area contributed by atoms with Crippen molar-refractivity contribution < 1.29 is 9.53 Å². The first-order chi connectivity index (χ1) is 9.69. The summed E-state index contributed by atoms with van der Waals surface area (Å²) in [5.74, 6) is 0.391. The molecule has 3 N–H and O–H groups in total. The Morgan fingerprint density at radius 1 is 1.43 bits per heavy atom. The Morgan fingerprint density at radius 2 is 2.24 bits per heavy atom. The Morgan fingerprint density at radius 3 is 2.90 bits per heavy atom. The number of benzene rings is 1. The van der Waals surface area contributed by atoms with Crippen LogP contribution in [0, 0.1) is 5.92 Å². The second kappa shape index (κ2) is 9.03. The molecule has 1 aliphatic rings. The third-order valence-corrected chi connectivity index (χ3v) is 3.85. The third kappa shape index (κ3) is 5.65. The zero-order valence-electron chi connectivity index (χ0n) is 12.5. The molecule has 2 atom stereocenters. The predicted octanol–water partition coefficient (Wildman–Crippen LogP) is 3.10. The van der Waals surface area contributed by atoms with Crippen LogP contribution in [-0.2, 0) is 16.1 Å². The Kier molecular flexibility index (Phi) is 7.72. The number of carbonyl (C=O) groups is 1. The van der Waals surface area contributed by atoms with Gasteiger partial charge in [0.25, 0.3) is 0 Å². The van der Waals surface area contributed by atoms with E-state index in [1.165, 1.54) is 0 Å². The van der Waals surface area contributed by atoms with Gasteiger partial charge in [-0.25, -0.2) is 0 Å². The molecule has 118 valence electrons. The van der Waals surface area contributed by atoms with Crippen LogP contribution in [0.3, 0.4) is 0 Å². The number of halogens is 1. The quantitative estimate of drug-likeness (QED) is 0.848. The maximum absolute atomic E-state index is 12.0. The number of rotatable bonds is 6. The molecule has 1 aliphatic carbocycles. The molecule has 0 radical (unpaired) electrons. The molecule has 2 rings (SSSR count). The largest absolute Gasteiger partial charge is 0.377 e. The van der Waals surface area contributed by atoms with Crippen molar-refractivity contribution in [2.45, 2.75) is 45.3 Å². The van der Waals surface area contributed by atoms with Crippen LogP contribution in [0.4, 0.5) is 5.69 Å². The van der Waals surface area contributed by atoms with Gasteiger partial charge in [-0.15, -0.1) is 12.4 Å². The number of anilines is 1. The van der Waals surface area contributed by atoms with E-state index in [9.17, 15) is 4.79 Å². The van der Waals surface area contributed by atoms with Gasteiger partial charge in [0.15, 0.2) is 0 Å². The van der Waals surface area contributed by atoms with Crippen molar-refractivity contribution in [3.05, 3.63) is 29.8 Å². The second-order valence-electron chi connectivity index (χ2n) is 5.44. The molecule has 21 heavy (non-hydrogen) atoms. The summed E-state index contributed by atoms with van der Waals surface area (Å²) in [5, 5.41) is 2.96. The third-order valence-electron chi connectivity index (χ3n) is 3.85. The highest BCUT2D eigenvalue weighted by molar-refractivity contribution is 5.91. The van der Waals surface area contributed by atoms with E-state index in [0.29, 0.717) is 25.6 Å². The van der Waals surface area contributed by atoms with Crippen molar-refractivity contribution in [1.82, 2.24) is 0 Å². The minimum atomic E-state index is 0. The standard InChI is InChI=1S/C16H24N2O2.ClH/c1-2-20-11-12-5-3-7-14(9-12)18-16(19)10-13-6-4-8-15(13)17;/h3,5,7,9,13,15H,2,4,6,8,10-11,17H2,1H3,(H,18,19);1H/t13-,15+;/m0./s1. The molecule has 0 aliphatic heterocycles. The summed E-state index contributed by atoms with van der Waals surface area (Å²) in [4.78, 5) is 12.0. The second-order valence-corrected chi connectivity index (χ2v) is 5.44. The Labute approximate surface area is 132 Å². The van der Waals surface area contributed by atoms with Crippen molar-refractivity contribution >= 4 is 24.0 Å². The molecular weight excluding hydrogens is 288 g/mol. The van der Waals surface area contributed by atoms with Crippen LogP contribution in [0.2, 0.25) is 0 Å². The van der Waals surface area contributed by atoms with Crippen molar-refractivity contribution in [2.75, 3.05) is 11.9 Å². The molecule has 0 aromatic heterocycles. The van der Waals surface area contributed by atoms with E-state index in [0.717, 1.165) is 30.5 Å². The first kappa shape index (κ1) is 18.0. The Balaban J connectivity index is 0.00000220. The highest BCUT2D eigenvalue weighted by atomic mass is 35.5. The summed E-state index contributed by atoms with van der Waals surface area (Å²) in [5.41, 5.74) is 7.91. The van der Waals surface area contributed by atoms with Crippen LogP contribution in [0.15, 0.2) is 24.3 Å². The van der Waals surface area contributed by atoms with E-state index in [1.807, 2.05) is 31.2 Å². The van der Waals surface area contributed by atoms with Gasteiger partial charge in [-0.05, 0) is 43.4 Å². The van der Waals surface area contributed by atoms with Gasteiger partial charge in [0.05, 0.1) is 6.61 Å². The first-order valence-corrected chi connectivity index (χ1v) is 7.41. The summed E-state index contributed by atoms with van der Waals surface area (Å²) in [6.07, 6.45) is 3.78. The molecule has 0 heterocycles. The number of nitrogens with one attached hydrogen (secondary N) is 1. The van der Waals surface area contributed by atoms with Crippen LogP contribution in [0.5, 0.6) is 0 Å². The Bertz CT molecular complexity index is 454. The van der Waals surface area contributed by atoms with Gasteiger partial charge >= 0.3 is 0 Å². The SMILES string of the molecule is CCOCc1cccc(NC(=O)C[C@@H]2CCC[C@H]2N)c1.Cl. The van der Waals surface area contributed by atoms with Crippen LogP contribution < -0.4 is 11.1 Å². The lowest BCUT2D eigenvalue weighted by molar-refractivity contribution is -0.117. The fraction of sp³-hybridized carbons (Fsp3) is 0.562. The summed E-state index contributed by atoms with van der Waals surface area (Å²) in [6, 6.07) is 7.98. The van der Waals surface area contributed by atoms with Gasteiger partial charge in [-0.2, -0.15) is 0 Å². The lowest BCUT2D eigenvalue weighted by Gasteiger charge is -2.15. The first-order valence-electron chi connectivity index (χ1n) is 7.41. The molecule has 1 fully saturated rings. The van der Waals surface area contributed by atoms with Gasteiger partial charge in [-0.1, -0.05) is 18.6 Å². The molecular formula is C16H25ClN2O2. The Hall–Kier alpha value is -1.10. The predicted molar refractivity (Wildman–Crippen MR) is 87.6 cm³/mol. The van der Waals surface area contributed by atoms with E-state index < -0.39 is 0 Å². The van der Waals surface area contributed by atoms with Gasteiger partial charge in [0.2, 0.25) is 5.91 Å². The van der Waals surface area contributed by atoms with Crippen LogP contribution >= 0.6 is 12.4 Å². The van der Waals surface area contributed by atoms with E-state index in [4.69, 9.17) is 10.5 Å². The molecule has 1 saturated carbocycles. The van der Waals surface area contributed by atoms with E-state index in [1.54, 1.807) is 0 Å². The van der Waals surface area contributed by atoms with Crippen LogP contribution in [0.25, 0.3) is 0 Å². The van der Waals surface area contributed by atoms with E-state index >= 15 is 0 Å². The summed E-state index contributed by atoms with van der Waals surface area (Å²) in [7, 11) is 0. The van der Waals surface area contributed by atoms with E-state index in [-0.39, 0.29) is 24.4 Å². The van der Waals surface area contributed by atoms with E-state index in [2.05, 4.69) is 5.32 Å². The topological polar surface area (TPSA) is 64.3 Å². The fourth-order valence-corrected chi connectivity index (χ4v) is 2.73. The average Bonchev–Trinajstić information content (AvgIpc) is 2.82. The number of carbonyl (C=O) groups excluding carboxylic acids is 1. The number of hydrogen-bond donors (Lipinski definition) is 2. The highest BCUT2D eigenvalue weighted by Gasteiger charge is 2.25. The lowest BCUT2D eigenvalue weighted by Crippen LogP contribution is -2.28. The van der Waals surface area contributed by atoms with Crippen molar-refractivity contribution in [3.63, 3.8) is 0 Å².